The highest BCUT2D eigenvalue weighted by Gasteiger charge is 2.33. The smallest absolute Gasteiger partial charge is 0.259 e. The standard InChI is InChI=1S/C23H19BrN2O5S/c24-15-7-9-16(10-8-15)30-21-14-20-17(13-22(21)32(28,29)26-11-3-4-12-26)23(27)25-18-5-1-2-6-19(18)31-20/h1-2,5-10,13-14H,3-4,11-12H2,(H,25,27). The molecule has 9 heteroatoms. The Morgan fingerprint density at radius 1 is 0.969 bits per heavy atom. The first-order valence-electron chi connectivity index (χ1n) is 10.1. The molecule has 5 rings (SSSR count). The van der Waals surface area contributed by atoms with Gasteiger partial charge in [0, 0.05) is 23.6 Å². The number of rotatable bonds is 4. The number of halogens is 1. The molecule has 3 aromatic rings. The lowest BCUT2D eigenvalue weighted by Crippen LogP contribution is -2.28. The zero-order valence-corrected chi connectivity index (χ0v) is 19.3. The number of ether oxygens (including phenoxy) is 2. The van der Waals surface area contributed by atoms with Gasteiger partial charge in [-0.1, -0.05) is 28.1 Å². The van der Waals surface area contributed by atoms with Gasteiger partial charge in [-0.3, -0.25) is 4.79 Å². The molecule has 0 bridgehead atoms. The van der Waals surface area contributed by atoms with Crippen molar-refractivity contribution in [3.8, 4) is 23.0 Å². The monoisotopic (exact) mass is 514 g/mol. The van der Waals surface area contributed by atoms with Gasteiger partial charge in [0.05, 0.1) is 11.3 Å². The van der Waals surface area contributed by atoms with Crippen LogP contribution >= 0.6 is 15.9 Å². The summed E-state index contributed by atoms with van der Waals surface area (Å²) in [6.45, 7) is 0.872. The van der Waals surface area contributed by atoms with Crippen LogP contribution in [0.4, 0.5) is 5.69 Å². The van der Waals surface area contributed by atoms with E-state index in [-0.39, 0.29) is 22.0 Å². The number of nitrogens with one attached hydrogen (secondary N) is 1. The van der Waals surface area contributed by atoms with Crippen LogP contribution in [0.3, 0.4) is 0 Å². The van der Waals surface area contributed by atoms with Crippen molar-refractivity contribution in [1.82, 2.24) is 4.31 Å². The summed E-state index contributed by atoms with van der Waals surface area (Å²) in [6, 6.07) is 16.9. The maximum atomic E-state index is 13.5. The van der Waals surface area contributed by atoms with Crippen LogP contribution in [0, 0.1) is 0 Å². The lowest BCUT2D eigenvalue weighted by molar-refractivity contribution is 0.102. The molecule has 1 N–H and O–H groups in total. The summed E-state index contributed by atoms with van der Waals surface area (Å²) in [4.78, 5) is 12.9. The molecular formula is C23H19BrN2O5S. The van der Waals surface area contributed by atoms with E-state index >= 15 is 0 Å². The van der Waals surface area contributed by atoms with Crippen molar-refractivity contribution in [3.05, 3.63) is 70.7 Å². The summed E-state index contributed by atoms with van der Waals surface area (Å²) in [7, 11) is -3.87. The second kappa shape index (κ2) is 8.23. The van der Waals surface area contributed by atoms with Crippen LogP contribution < -0.4 is 14.8 Å². The second-order valence-electron chi connectivity index (χ2n) is 7.51. The molecule has 0 atom stereocenters. The number of sulfonamides is 1. The quantitative estimate of drug-likeness (QED) is 0.504. The summed E-state index contributed by atoms with van der Waals surface area (Å²) < 4.78 is 41.2. The number of amides is 1. The lowest BCUT2D eigenvalue weighted by Gasteiger charge is -2.20. The van der Waals surface area contributed by atoms with E-state index in [2.05, 4.69) is 21.2 Å². The van der Waals surface area contributed by atoms with Crippen LogP contribution in [0.1, 0.15) is 23.2 Å². The predicted octanol–water partition coefficient (Wildman–Crippen LogP) is 5.38. The van der Waals surface area contributed by atoms with E-state index in [4.69, 9.17) is 9.47 Å². The molecule has 0 aromatic heterocycles. The lowest BCUT2D eigenvalue weighted by atomic mass is 10.1. The van der Waals surface area contributed by atoms with E-state index in [0.717, 1.165) is 17.3 Å². The first-order valence-corrected chi connectivity index (χ1v) is 12.3. The van der Waals surface area contributed by atoms with Crippen LogP contribution in [0.15, 0.2) is 70.0 Å². The third-order valence-electron chi connectivity index (χ3n) is 5.37. The Hall–Kier alpha value is -2.88. The maximum Gasteiger partial charge on any atom is 0.259 e. The van der Waals surface area contributed by atoms with Crippen molar-refractivity contribution in [2.24, 2.45) is 0 Å². The Balaban J connectivity index is 1.66. The third-order valence-corrected chi connectivity index (χ3v) is 7.82. The van der Waals surface area contributed by atoms with E-state index in [0.29, 0.717) is 30.3 Å². The maximum absolute atomic E-state index is 13.5. The molecule has 2 heterocycles. The largest absolute Gasteiger partial charge is 0.456 e. The summed E-state index contributed by atoms with van der Waals surface area (Å²) >= 11 is 3.38. The molecule has 0 radical (unpaired) electrons. The number of anilines is 1. The molecule has 2 aliphatic rings. The Bertz CT molecular complexity index is 1300. The fourth-order valence-electron chi connectivity index (χ4n) is 3.75. The van der Waals surface area contributed by atoms with Crippen molar-refractivity contribution in [2.45, 2.75) is 17.7 Å². The number of para-hydroxylation sites is 2. The van der Waals surface area contributed by atoms with Gasteiger partial charge in [0.2, 0.25) is 10.0 Å². The number of fused-ring (bicyclic) bond motifs is 2. The predicted molar refractivity (Wildman–Crippen MR) is 123 cm³/mol. The normalized spacial score (nSPS) is 15.8. The Morgan fingerprint density at radius 3 is 2.44 bits per heavy atom. The van der Waals surface area contributed by atoms with Gasteiger partial charge in [-0.15, -0.1) is 0 Å². The highest BCUT2D eigenvalue weighted by Crippen LogP contribution is 2.42. The summed E-state index contributed by atoms with van der Waals surface area (Å²) in [5, 5.41) is 2.78. The molecule has 1 amide bonds. The third kappa shape index (κ3) is 3.87. The molecule has 0 aliphatic carbocycles. The number of carbonyl (C=O) groups is 1. The highest BCUT2D eigenvalue weighted by atomic mass is 79.9. The van der Waals surface area contributed by atoms with Crippen molar-refractivity contribution in [1.29, 1.82) is 0 Å². The number of hydrogen-bond acceptors (Lipinski definition) is 5. The van der Waals surface area contributed by atoms with Gasteiger partial charge in [0.15, 0.2) is 11.5 Å². The second-order valence-corrected chi connectivity index (χ2v) is 10.3. The Kier molecular flexibility index (Phi) is 5.40. The molecular weight excluding hydrogens is 496 g/mol. The molecule has 0 unspecified atom stereocenters. The number of hydrogen-bond donors (Lipinski definition) is 1. The highest BCUT2D eigenvalue weighted by molar-refractivity contribution is 9.10. The molecule has 7 nitrogen and oxygen atoms in total. The molecule has 0 saturated carbocycles. The SMILES string of the molecule is O=C1Nc2ccccc2Oc2cc(Oc3ccc(Br)cc3)c(S(=O)(=O)N3CCCC3)cc21. The first-order chi connectivity index (χ1) is 15.4. The number of carbonyl (C=O) groups excluding carboxylic acids is 1. The molecule has 32 heavy (non-hydrogen) atoms. The van der Waals surface area contributed by atoms with E-state index in [1.54, 1.807) is 48.5 Å². The van der Waals surface area contributed by atoms with Crippen LogP contribution in [-0.2, 0) is 10.0 Å². The van der Waals surface area contributed by atoms with Crippen LogP contribution in [-0.4, -0.2) is 31.7 Å². The average molecular weight is 515 g/mol. The van der Waals surface area contributed by atoms with Gasteiger partial charge >= 0.3 is 0 Å². The van der Waals surface area contributed by atoms with E-state index in [9.17, 15) is 13.2 Å². The van der Waals surface area contributed by atoms with Crippen LogP contribution in [0.5, 0.6) is 23.0 Å². The van der Waals surface area contributed by atoms with Gasteiger partial charge in [-0.25, -0.2) is 8.42 Å². The average Bonchev–Trinajstić information content (AvgIpc) is 3.28. The fourth-order valence-corrected chi connectivity index (χ4v) is 5.65. The number of nitrogens with zero attached hydrogens (tertiary/aromatic N) is 1. The summed E-state index contributed by atoms with van der Waals surface area (Å²) in [6.07, 6.45) is 1.60. The van der Waals surface area contributed by atoms with Crippen molar-refractivity contribution in [3.63, 3.8) is 0 Å². The zero-order valence-electron chi connectivity index (χ0n) is 16.9. The van der Waals surface area contributed by atoms with Crippen molar-refractivity contribution < 1.29 is 22.7 Å². The van der Waals surface area contributed by atoms with Gasteiger partial charge in [-0.05, 0) is 55.3 Å². The first kappa shape index (κ1) is 21.0. The molecule has 1 fully saturated rings. The van der Waals surface area contributed by atoms with E-state index in [1.807, 2.05) is 0 Å². The Morgan fingerprint density at radius 2 is 1.69 bits per heavy atom. The van der Waals surface area contributed by atoms with Gasteiger partial charge in [-0.2, -0.15) is 4.31 Å². The molecule has 164 valence electrons. The Labute approximate surface area is 194 Å². The molecule has 3 aromatic carbocycles. The minimum atomic E-state index is -3.87. The molecule has 1 saturated heterocycles. The van der Waals surface area contributed by atoms with Crippen LogP contribution in [0.25, 0.3) is 0 Å². The molecule has 2 aliphatic heterocycles. The molecule has 0 spiro atoms. The number of benzene rings is 3. The zero-order chi connectivity index (χ0) is 22.3. The summed E-state index contributed by atoms with van der Waals surface area (Å²) in [5.74, 6) is 0.803. The summed E-state index contributed by atoms with van der Waals surface area (Å²) in [5.41, 5.74) is 0.634. The van der Waals surface area contributed by atoms with Gasteiger partial charge in [0.25, 0.3) is 5.91 Å². The van der Waals surface area contributed by atoms with E-state index in [1.165, 1.54) is 16.4 Å². The fraction of sp³-hybridized carbons (Fsp3) is 0.174. The minimum absolute atomic E-state index is 0.0641. The van der Waals surface area contributed by atoms with Crippen molar-refractivity contribution in [2.75, 3.05) is 18.4 Å². The topological polar surface area (TPSA) is 84.9 Å². The van der Waals surface area contributed by atoms with Crippen molar-refractivity contribution >= 4 is 37.5 Å². The minimum Gasteiger partial charge on any atom is -0.456 e. The van der Waals surface area contributed by atoms with Gasteiger partial charge < -0.3 is 14.8 Å². The van der Waals surface area contributed by atoms with E-state index < -0.39 is 15.9 Å². The van der Waals surface area contributed by atoms with Gasteiger partial charge in [0.1, 0.15) is 16.4 Å². The van der Waals surface area contributed by atoms with Crippen LogP contribution in [0.2, 0.25) is 0 Å².